The van der Waals surface area contributed by atoms with E-state index in [1.807, 2.05) is 11.0 Å². The Labute approximate surface area is 136 Å². The SMILES string of the molecule is CCN1CCN(C(=O)CN(C(C)=O)c2ccc(C#N)cc2)CC1. The van der Waals surface area contributed by atoms with Crippen molar-refractivity contribution in [1.82, 2.24) is 9.80 Å². The number of rotatable bonds is 4. The molecular weight excluding hydrogens is 292 g/mol. The van der Waals surface area contributed by atoms with Gasteiger partial charge >= 0.3 is 0 Å². The molecule has 0 saturated carbocycles. The van der Waals surface area contributed by atoms with Crippen LogP contribution < -0.4 is 4.90 Å². The number of anilines is 1. The first kappa shape index (κ1) is 17.0. The topological polar surface area (TPSA) is 67.7 Å². The molecule has 0 atom stereocenters. The lowest BCUT2D eigenvalue weighted by Gasteiger charge is -2.35. The van der Waals surface area contributed by atoms with Crippen molar-refractivity contribution in [3.8, 4) is 6.07 Å². The highest BCUT2D eigenvalue weighted by atomic mass is 16.2. The third kappa shape index (κ3) is 4.30. The third-order valence-electron chi connectivity index (χ3n) is 4.15. The van der Waals surface area contributed by atoms with Gasteiger partial charge in [0.2, 0.25) is 11.8 Å². The van der Waals surface area contributed by atoms with Gasteiger partial charge in [0.1, 0.15) is 6.54 Å². The van der Waals surface area contributed by atoms with Crippen molar-refractivity contribution >= 4 is 17.5 Å². The maximum Gasteiger partial charge on any atom is 0.242 e. The smallest absolute Gasteiger partial charge is 0.242 e. The summed E-state index contributed by atoms with van der Waals surface area (Å²) < 4.78 is 0. The van der Waals surface area contributed by atoms with Crippen LogP contribution in [0.3, 0.4) is 0 Å². The van der Waals surface area contributed by atoms with Gasteiger partial charge in [0, 0.05) is 38.8 Å². The van der Waals surface area contributed by atoms with Crippen molar-refractivity contribution in [2.45, 2.75) is 13.8 Å². The summed E-state index contributed by atoms with van der Waals surface area (Å²) in [7, 11) is 0. The molecule has 0 aliphatic carbocycles. The second kappa shape index (κ2) is 7.75. The van der Waals surface area contributed by atoms with Crippen LogP contribution in [0, 0.1) is 11.3 Å². The van der Waals surface area contributed by atoms with Crippen LogP contribution in [0.5, 0.6) is 0 Å². The number of benzene rings is 1. The normalized spacial score (nSPS) is 15.1. The zero-order valence-electron chi connectivity index (χ0n) is 13.7. The Morgan fingerprint density at radius 2 is 1.78 bits per heavy atom. The summed E-state index contributed by atoms with van der Waals surface area (Å²) in [5.74, 6) is -0.226. The van der Waals surface area contributed by atoms with E-state index in [1.54, 1.807) is 24.3 Å². The molecule has 1 aromatic carbocycles. The van der Waals surface area contributed by atoms with Crippen LogP contribution in [0.15, 0.2) is 24.3 Å². The minimum Gasteiger partial charge on any atom is -0.339 e. The molecule has 0 spiro atoms. The summed E-state index contributed by atoms with van der Waals surface area (Å²) in [6.45, 7) is 7.73. The molecule has 1 saturated heterocycles. The maximum atomic E-state index is 12.5. The van der Waals surface area contributed by atoms with E-state index in [9.17, 15) is 9.59 Å². The number of amides is 2. The lowest BCUT2D eigenvalue weighted by molar-refractivity contribution is -0.132. The average Bonchev–Trinajstić information content (AvgIpc) is 2.59. The first-order chi connectivity index (χ1) is 11.0. The van der Waals surface area contributed by atoms with Crippen molar-refractivity contribution in [3.63, 3.8) is 0 Å². The lowest BCUT2D eigenvalue weighted by atomic mass is 10.2. The molecule has 1 heterocycles. The van der Waals surface area contributed by atoms with Gasteiger partial charge in [0.05, 0.1) is 11.6 Å². The summed E-state index contributed by atoms with van der Waals surface area (Å²) in [6.07, 6.45) is 0. The average molecular weight is 314 g/mol. The van der Waals surface area contributed by atoms with E-state index in [4.69, 9.17) is 5.26 Å². The fraction of sp³-hybridized carbons (Fsp3) is 0.471. The number of hydrogen-bond acceptors (Lipinski definition) is 4. The van der Waals surface area contributed by atoms with E-state index in [1.165, 1.54) is 11.8 Å². The number of carbonyl (C=O) groups is 2. The van der Waals surface area contributed by atoms with E-state index >= 15 is 0 Å². The molecule has 122 valence electrons. The molecule has 0 aromatic heterocycles. The van der Waals surface area contributed by atoms with Crippen LogP contribution in [-0.4, -0.2) is 60.9 Å². The molecule has 6 nitrogen and oxygen atoms in total. The predicted molar refractivity (Wildman–Crippen MR) is 87.9 cm³/mol. The Hall–Kier alpha value is -2.39. The molecule has 0 N–H and O–H groups in total. The standard InChI is InChI=1S/C17H22N4O2/c1-3-19-8-10-20(11-9-19)17(23)13-21(14(2)22)16-6-4-15(12-18)5-7-16/h4-7H,3,8-11,13H2,1-2H3. The van der Waals surface area contributed by atoms with Crippen LogP contribution in [0.25, 0.3) is 0 Å². The Bertz CT molecular complexity index is 598. The van der Waals surface area contributed by atoms with Gasteiger partial charge in [-0.1, -0.05) is 6.92 Å². The van der Waals surface area contributed by atoms with Crippen LogP contribution in [0.1, 0.15) is 19.4 Å². The molecule has 2 rings (SSSR count). The van der Waals surface area contributed by atoms with Crippen molar-refractivity contribution in [2.24, 2.45) is 0 Å². The van der Waals surface area contributed by atoms with Gasteiger partial charge in [-0.05, 0) is 30.8 Å². The highest BCUT2D eigenvalue weighted by molar-refractivity contribution is 5.97. The number of hydrogen-bond donors (Lipinski definition) is 0. The Morgan fingerprint density at radius 1 is 1.17 bits per heavy atom. The fourth-order valence-electron chi connectivity index (χ4n) is 2.65. The second-order valence-electron chi connectivity index (χ2n) is 5.58. The Kier molecular flexibility index (Phi) is 5.72. The van der Waals surface area contributed by atoms with Gasteiger partial charge < -0.3 is 14.7 Å². The van der Waals surface area contributed by atoms with E-state index in [0.717, 1.165) is 19.6 Å². The third-order valence-corrected chi connectivity index (χ3v) is 4.15. The van der Waals surface area contributed by atoms with Crippen LogP contribution in [-0.2, 0) is 9.59 Å². The highest BCUT2D eigenvalue weighted by Gasteiger charge is 2.23. The molecule has 1 aromatic rings. The zero-order valence-corrected chi connectivity index (χ0v) is 13.7. The molecule has 1 fully saturated rings. The maximum absolute atomic E-state index is 12.5. The van der Waals surface area contributed by atoms with Gasteiger partial charge in [0.25, 0.3) is 0 Å². The van der Waals surface area contributed by atoms with Crippen molar-refractivity contribution in [2.75, 3.05) is 44.2 Å². The minimum absolute atomic E-state index is 0.0351. The molecule has 0 radical (unpaired) electrons. The molecule has 0 bridgehead atoms. The number of likely N-dealkylation sites (N-methyl/N-ethyl adjacent to an activating group) is 1. The quantitative estimate of drug-likeness (QED) is 0.834. The first-order valence-corrected chi connectivity index (χ1v) is 7.83. The summed E-state index contributed by atoms with van der Waals surface area (Å²) in [5, 5.41) is 8.84. The molecular formula is C17H22N4O2. The van der Waals surface area contributed by atoms with Gasteiger partial charge in [-0.15, -0.1) is 0 Å². The van der Waals surface area contributed by atoms with Gasteiger partial charge in [-0.25, -0.2) is 0 Å². The van der Waals surface area contributed by atoms with E-state index in [-0.39, 0.29) is 18.4 Å². The highest BCUT2D eigenvalue weighted by Crippen LogP contribution is 2.16. The monoisotopic (exact) mass is 314 g/mol. The molecule has 0 unspecified atom stereocenters. The molecule has 23 heavy (non-hydrogen) atoms. The Morgan fingerprint density at radius 3 is 2.26 bits per heavy atom. The summed E-state index contributed by atoms with van der Waals surface area (Å²) in [4.78, 5) is 29.9. The molecule has 2 amide bonds. The molecule has 1 aliphatic heterocycles. The zero-order chi connectivity index (χ0) is 16.8. The second-order valence-corrected chi connectivity index (χ2v) is 5.58. The van der Waals surface area contributed by atoms with Crippen LogP contribution >= 0.6 is 0 Å². The molecule has 1 aliphatic rings. The predicted octanol–water partition coefficient (Wildman–Crippen LogP) is 1.08. The van der Waals surface area contributed by atoms with Crippen molar-refractivity contribution < 1.29 is 9.59 Å². The fourth-order valence-corrected chi connectivity index (χ4v) is 2.65. The van der Waals surface area contributed by atoms with Crippen molar-refractivity contribution in [1.29, 1.82) is 5.26 Å². The van der Waals surface area contributed by atoms with Crippen LogP contribution in [0.2, 0.25) is 0 Å². The van der Waals surface area contributed by atoms with E-state index in [0.29, 0.717) is 24.3 Å². The first-order valence-electron chi connectivity index (χ1n) is 7.83. The molecule has 6 heteroatoms. The number of nitriles is 1. The summed E-state index contributed by atoms with van der Waals surface area (Å²) in [6, 6.07) is 8.73. The van der Waals surface area contributed by atoms with E-state index in [2.05, 4.69) is 11.8 Å². The van der Waals surface area contributed by atoms with Gasteiger partial charge in [-0.3, -0.25) is 9.59 Å². The van der Waals surface area contributed by atoms with Gasteiger partial charge in [-0.2, -0.15) is 5.26 Å². The van der Waals surface area contributed by atoms with Crippen molar-refractivity contribution in [3.05, 3.63) is 29.8 Å². The Balaban J connectivity index is 2.03. The number of piperazine rings is 1. The van der Waals surface area contributed by atoms with Gasteiger partial charge in [0.15, 0.2) is 0 Å². The number of nitrogens with zero attached hydrogens (tertiary/aromatic N) is 4. The van der Waals surface area contributed by atoms with E-state index < -0.39 is 0 Å². The van der Waals surface area contributed by atoms with Crippen LogP contribution in [0.4, 0.5) is 5.69 Å². The summed E-state index contributed by atoms with van der Waals surface area (Å²) in [5.41, 5.74) is 1.16. The lowest BCUT2D eigenvalue weighted by Crippen LogP contribution is -2.51. The summed E-state index contributed by atoms with van der Waals surface area (Å²) >= 11 is 0. The minimum atomic E-state index is -0.185. The number of carbonyl (C=O) groups excluding carboxylic acids is 2. The largest absolute Gasteiger partial charge is 0.339 e.